The molecule has 1 spiro atoms. The van der Waals surface area contributed by atoms with Gasteiger partial charge in [-0.25, -0.2) is 9.18 Å². The Kier molecular flexibility index (Phi) is 4.48. The zero-order chi connectivity index (χ0) is 20.3. The average Bonchev–Trinajstić information content (AvgIpc) is 3.19. The van der Waals surface area contributed by atoms with Crippen molar-refractivity contribution < 1.29 is 18.7 Å². The van der Waals surface area contributed by atoms with Gasteiger partial charge >= 0.3 is 6.09 Å². The van der Waals surface area contributed by atoms with Gasteiger partial charge in [0.05, 0.1) is 6.61 Å². The van der Waals surface area contributed by atoms with Gasteiger partial charge in [-0.2, -0.15) is 0 Å². The molecular weight excluding hydrogens is 383 g/mol. The van der Waals surface area contributed by atoms with Gasteiger partial charge in [0.1, 0.15) is 17.7 Å². The predicted octanol–water partition coefficient (Wildman–Crippen LogP) is 4.24. The third kappa shape index (κ3) is 3.02. The molecule has 2 bridgehead atoms. The molecule has 1 saturated carbocycles. The molecule has 6 rings (SSSR count). The summed E-state index contributed by atoms with van der Waals surface area (Å²) < 4.78 is 25.5. The molecular formula is C24H31FN2O3. The third-order valence-electron chi connectivity index (χ3n) is 8.53. The molecule has 1 aromatic carbocycles. The second-order valence-corrected chi connectivity index (χ2v) is 10.1. The molecule has 4 fully saturated rings. The number of halogens is 1. The predicted molar refractivity (Wildman–Crippen MR) is 110 cm³/mol. The number of nitrogens with zero attached hydrogens (tertiary/aromatic N) is 2. The highest BCUT2D eigenvalue weighted by Crippen LogP contribution is 2.47. The number of fused-ring (bicyclic) bond motifs is 4. The van der Waals surface area contributed by atoms with E-state index in [4.69, 9.17) is 9.47 Å². The number of amides is 1. The van der Waals surface area contributed by atoms with Crippen LogP contribution in [0.2, 0.25) is 0 Å². The molecule has 0 radical (unpaired) electrons. The van der Waals surface area contributed by atoms with Crippen molar-refractivity contribution in [2.45, 2.75) is 87.4 Å². The van der Waals surface area contributed by atoms with Crippen molar-refractivity contribution in [1.82, 2.24) is 9.80 Å². The Morgan fingerprint density at radius 1 is 1.07 bits per heavy atom. The Balaban J connectivity index is 1.10. The van der Waals surface area contributed by atoms with Crippen molar-refractivity contribution in [3.8, 4) is 5.75 Å². The van der Waals surface area contributed by atoms with Crippen molar-refractivity contribution in [1.29, 1.82) is 0 Å². The maximum absolute atomic E-state index is 13.9. The lowest BCUT2D eigenvalue weighted by Crippen LogP contribution is -2.55. The number of carbonyl (C=O) groups excluding carboxylic acids is 1. The molecule has 0 N–H and O–H groups in total. The minimum Gasteiger partial charge on any atom is -0.492 e. The van der Waals surface area contributed by atoms with E-state index in [-0.39, 0.29) is 23.4 Å². The van der Waals surface area contributed by atoms with Gasteiger partial charge in [-0.3, -0.25) is 0 Å². The van der Waals surface area contributed by atoms with Crippen LogP contribution < -0.4 is 4.74 Å². The molecule has 1 amide bonds. The van der Waals surface area contributed by atoms with E-state index < -0.39 is 0 Å². The molecule has 2 unspecified atom stereocenters. The SMILES string of the molecule is O=C(OC1CCC1)N1C2CCC1CC(N1CCC3(CC1)COc1ccc(F)cc13)C2. The lowest BCUT2D eigenvalue weighted by molar-refractivity contribution is -0.00670. The largest absolute Gasteiger partial charge is 0.492 e. The maximum atomic E-state index is 13.9. The van der Waals surface area contributed by atoms with Gasteiger partial charge in [-0.15, -0.1) is 0 Å². The molecule has 6 heteroatoms. The number of benzene rings is 1. The normalized spacial score (nSPS) is 32.6. The first kappa shape index (κ1) is 18.9. The summed E-state index contributed by atoms with van der Waals surface area (Å²) in [6.45, 7) is 2.72. The lowest BCUT2D eigenvalue weighted by Gasteiger charge is -2.47. The van der Waals surface area contributed by atoms with Crippen LogP contribution in [0.25, 0.3) is 0 Å². The first-order valence-corrected chi connectivity index (χ1v) is 11.8. The quantitative estimate of drug-likeness (QED) is 0.726. The topological polar surface area (TPSA) is 42.0 Å². The summed E-state index contributed by atoms with van der Waals surface area (Å²) in [6, 6.07) is 6.17. The van der Waals surface area contributed by atoms with Crippen molar-refractivity contribution >= 4 is 6.09 Å². The number of hydrogen-bond donors (Lipinski definition) is 0. The molecule has 30 heavy (non-hydrogen) atoms. The molecule has 3 saturated heterocycles. The van der Waals surface area contributed by atoms with Crippen LogP contribution in [-0.4, -0.2) is 59.8 Å². The average molecular weight is 415 g/mol. The summed E-state index contributed by atoms with van der Waals surface area (Å²) in [7, 11) is 0. The smallest absolute Gasteiger partial charge is 0.410 e. The van der Waals surface area contributed by atoms with Crippen LogP contribution >= 0.6 is 0 Å². The van der Waals surface area contributed by atoms with Crippen LogP contribution in [0, 0.1) is 5.82 Å². The minimum absolute atomic E-state index is 0.0276. The summed E-state index contributed by atoms with van der Waals surface area (Å²) in [5, 5.41) is 0. The fraction of sp³-hybridized carbons (Fsp3) is 0.708. The van der Waals surface area contributed by atoms with Gasteiger partial charge < -0.3 is 19.3 Å². The monoisotopic (exact) mass is 414 g/mol. The van der Waals surface area contributed by atoms with Crippen LogP contribution in [0.5, 0.6) is 5.75 Å². The zero-order valence-corrected chi connectivity index (χ0v) is 17.5. The molecule has 1 aliphatic carbocycles. The van der Waals surface area contributed by atoms with Gasteiger partial charge in [0, 0.05) is 29.1 Å². The number of piperidine rings is 2. The van der Waals surface area contributed by atoms with E-state index >= 15 is 0 Å². The second kappa shape index (κ2) is 7.11. The summed E-state index contributed by atoms with van der Waals surface area (Å²) in [5.41, 5.74) is 1.04. The van der Waals surface area contributed by atoms with E-state index in [2.05, 4.69) is 9.80 Å². The van der Waals surface area contributed by atoms with Crippen LogP contribution in [0.15, 0.2) is 18.2 Å². The van der Waals surface area contributed by atoms with Crippen molar-refractivity contribution in [3.05, 3.63) is 29.6 Å². The highest BCUT2D eigenvalue weighted by molar-refractivity contribution is 5.69. The van der Waals surface area contributed by atoms with Gasteiger partial charge in [0.25, 0.3) is 0 Å². The molecule has 4 aliphatic heterocycles. The molecule has 5 aliphatic rings. The molecule has 162 valence electrons. The Bertz CT molecular complexity index is 820. The van der Waals surface area contributed by atoms with Gasteiger partial charge in [0.2, 0.25) is 0 Å². The maximum Gasteiger partial charge on any atom is 0.410 e. The first-order chi connectivity index (χ1) is 14.6. The lowest BCUT2D eigenvalue weighted by atomic mass is 9.74. The number of likely N-dealkylation sites (tertiary alicyclic amines) is 1. The Labute approximate surface area is 177 Å². The highest BCUT2D eigenvalue weighted by Gasteiger charge is 2.49. The zero-order valence-electron chi connectivity index (χ0n) is 17.5. The van der Waals surface area contributed by atoms with E-state index in [0.29, 0.717) is 24.7 Å². The Morgan fingerprint density at radius 3 is 2.47 bits per heavy atom. The third-order valence-corrected chi connectivity index (χ3v) is 8.53. The first-order valence-electron chi connectivity index (χ1n) is 11.8. The number of carbonyl (C=O) groups is 1. The Hall–Kier alpha value is -1.82. The van der Waals surface area contributed by atoms with Crippen LogP contribution in [0.4, 0.5) is 9.18 Å². The molecule has 5 nitrogen and oxygen atoms in total. The van der Waals surface area contributed by atoms with E-state index in [0.717, 1.165) is 75.8 Å². The fourth-order valence-corrected chi connectivity index (χ4v) is 6.50. The molecule has 4 heterocycles. The highest BCUT2D eigenvalue weighted by atomic mass is 19.1. The number of hydrogen-bond acceptors (Lipinski definition) is 4. The van der Waals surface area contributed by atoms with E-state index in [1.807, 2.05) is 0 Å². The van der Waals surface area contributed by atoms with Crippen molar-refractivity contribution in [2.24, 2.45) is 0 Å². The van der Waals surface area contributed by atoms with Gasteiger partial charge in [-0.1, -0.05) is 0 Å². The van der Waals surface area contributed by atoms with E-state index in [1.54, 1.807) is 12.1 Å². The van der Waals surface area contributed by atoms with Crippen molar-refractivity contribution in [3.63, 3.8) is 0 Å². The van der Waals surface area contributed by atoms with Crippen LogP contribution in [0.3, 0.4) is 0 Å². The molecule has 2 atom stereocenters. The van der Waals surface area contributed by atoms with E-state index in [1.165, 1.54) is 12.5 Å². The van der Waals surface area contributed by atoms with Crippen LogP contribution in [-0.2, 0) is 10.2 Å². The summed E-state index contributed by atoms with van der Waals surface area (Å²) in [5.74, 6) is 0.694. The number of rotatable bonds is 2. The molecule has 0 aromatic heterocycles. The second-order valence-electron chi connectivity index (χ2n) is 10.1. The summed E-state index contributed by atoms with van der Waals surface area (Å²) in [6.07, 6.45) is 9.72. The number of ether oxygens (including phenoxy) is 2. The Morgan fingerprint density at radius 2 is 1.80 bits per heavy atom. The summed E-state index contributed by atoms with van der Waals surface area (Å²) in [4.78, 5) is 17.4. The summed E-state index contributed by atoms with van der Waals surface area (Å²) >= 11 is 0. The van der Waals surface area contributed by atoms with Crippen molar-refractivity contribution in [2.75, 3.05) is 19.7 Å². The van der Waals surface area contributed by atoms with Gasteiger partial charge in [0.15, 0.2) is 0 Å². The standard InChI is InChI=1S/C24H31FN2O3/c25-16-4-7-22-21(12-16)24(15-29-22)8-10-26(11-9-24)19-13-17-5-6-18(14-19)27(17)23(28)30-20-2-1-3-20/h4,7,12,17-20H,1-3,5-6,8-11,13-15H2. The van der Waals surface area contributed by atoms with Gasteiger partial charge in [-0.05, 0) is 89.1 Å². The minimum atomic E-state index is -0.168. The van der Waals surface area contributed by atoms with Crippen LogP contribution in [0.1, 0.15) is 63.4 Å². The molecule has 1 aromatic rings. The fourth-order valence-electron chi connectivity index (χ4n) is 6.50. The van der Waals surface area contributed by atoms with E-state index in [9.17, 15) is 9.18 Å².